The molecule has 0 spiro atoms. The maximum absolute atomic E-state index is 4.63. The third-order valence-corrected chi connectivity index (χ3v) is 9.83. The van der Waals surface area contributed by atoms with E-state index in [-0.39, 0.29) is 5.41 Å². The quantitative estimate of drug-likeness (QED) is 0.181. The summed E-state index contributed by atoms with van der Waals surface area (Å²) >= 11 is 0. The highest BCUT2D eigenvalue weighted by atomic mass is 15.2. The number of pyridine rings is 1. The molecule has 0 radical (unpaired) electrons. The summed E-state index contributed by atoms with van der Waals surface area (Å²) in [5, 5.41) is 2.57. The van der Waals surface area contributed by atoms with Crippen LogP contribution in [0.25, 0.3) is 38.6 Å². The number of nitrogens with zero attached hydrogens (tertiary/aromatic N) is 3. The number of fused-ring (bicyclic) bond motifs is 7. The van der Waals surface area contributed by atoms with Crippen molar-refractivity contribution in [3.63, 3.8) is 0 Å². The summed E-state index contributed by atoms with van der Waals surface area (Å²) < 4.78 is 2.45. The van der Waals surface area contributed by atoms with E-state index in [0.717, 1.165) is 28.3 Å². The van der Waals surface area contributed by atoms with Crippen molar-refractivity contribution in [3.8, 4) is 28.7 Å². The van der Waals surface area contributed by atoms with E-state index in [0.29, 0.717) is 0 Å². The number of aromatic nitrogens is 2. The van der Waals surface area contributed by atoms with Crippen LogP contribution >= 0.6 is 0 Å². The maximum atomic E-state index is 4.63. The molecule has 0 N–H and O–H groups in total. The Morgan fingerprint density at radius 3 is 2.00 bits per heavy atom. The second-order valence-corrected chi connectivity index (χ2v) is 13.1. The van der Waals surface area contributed by atoms with E-state index in [1.54, 1.807) is 0 Å². The summed E-state index contributed by atoms with van der Waals surface area (Å²) in [6.45, 7) is 4.72. The molecule has 1 aliphatic carbocycles. The fourth-order valence-electron chi connectivity index (χ4n) is 7.58. The Bertz CT molecular complexity index is 2510. The van der Waals surface area contributed by atoms with E-state index < -0.39 is 0 Å². The molecular formula is C46H33N3. The lowest BCUT2D eigenvalue weighted by Crippen LogP contribution is -2.16. The first kappa shape index (κ1) is 28.8. The number of hydrogen-bond acceptors (Lipinski definition) is 2. The highest BCUT2D eigenvalue weighted by Gasteiger charge is 2.38. The van der Waals surface area contributed by atoms with Gasteiger partial charge in [-0.15, -0.1) is 0 Å². The first-order valence-electron chi connectivity index (χ1n) is 16.7. The first-order chi connectivity index (χ1) is 24.1. The van der Waals surface area contributed by atoms with Gasteiger partial charge in [0.2, 0.25) is 0 Å². The van der Waals surface area contributed by atoms with Gasteiger partial charge >= 0.3 is 0 Å². The van der Waals surface area contributed by atoms with Crippen LogP contribution < -0.4 is 4.90 Å². The van der Waals surface area contributed by atoms with Gasteiger partial charge in [-0.1, -0.05) is 105 Å². The topological polar surface area (TPSA) is 21.1 Å². The van der Waals surface area contributed by atoms with Crippen LogP contribution in [0, 0.1) is 11.8 Å². The Labute approximate surface area is 286 Å². The van der Waals surface area contributed by atoms with E-state index in [1.165, 1.54) is 49.7 Å². The summed E-state index contributed by atoms with van der Waals surface area (Å²) in [5.74, 6) is 7.79. The average molecular weight is 628 g/mol. The van der Waals surface area contributed by atoms with Crippen LogP contribution in [0.5, 0.6) is 0 Å². The minimum atomic E-state index is -0.212. The highest BCUT2D eigenvalue weighted by Crippen LogP contribution is 2.53. The van der Waals surface area contributed by atoms with Gasteiger partial charge in [-0.25, -0.2) is 4.98 Å². The van der Waals surface area contributed by atoms with Crippen molar-refractivity contribution in [3.05, 3.63) is 186 Å². The normalized spacial score (nSPS) is 12.7. The number of hydrogen-bond donors (Lipinski definition) is 0. The molecule has 0 atom stereocenters. The molecule has 6 aromatic carbocycles. The average Bonchev–Trinajstić information content (AvgIpc) is 3.61. The molecule has 3 heteroatoms. The van der Waals surface area contributed by atoms with Crippen LogP contribution in [0.4, 0.5) is 17.2 Å². The highest BCUT2D eigenvalue weighted by molar-refractivity contribution is 6.13. The lowest BCUT2D eigenvalue weighted by molar-refractivity contribution is 0.663. The predicted molar refractivity (Wildman–Crippen MR) is 203 cm³/mol. The van der Waals surface area contributed by atoms with Crippen LogP contribution in [0.3, 0.4) is 0 Å². The Balaban J connectivity index is 1.09. The first-order valence-corrected chi connectivity index (χ1v) is 16.7. The molecule has 9 rings (SSSR count). The molecule has 2 aromatic heterocycles. The van der Waals surface area contributed by atoms with Crippen molar-refractivity contribution in [2.75, 3.05) is 4.90 Å². The molecular weight excluding hydrogens is 595 g/mol. The monoisotopic (exact) mass is 627 g/mol. The molecule has 0 bridgehead atoms. The van der Waals surface area contributed by atoms with E-state index in [4.69, 9.17) is 0 Å². The Hall–Kier alpha value is -6.37. The van der Waals surface area contributed by atoms with Gasteiger partial charge in [0, 0.05) is 50.6 Å². The zero-order valence-electron chi connectivity index (χ0n) is 27.4. The van der Waals surface area contributed by atoms with Crippen LogP contribution in [0.2, 0.25) is 0 Å². The van der Waals surface area contributed by atoms with E-state index in [2.05, 4.69) is 161 Å². The molecule has 49 heavy (non-hydrogen) atoms. The van der Waals surface area contributed by atoms with Crippen molar-refractivity contribution in [2.24, 2.45) is 0 Å². The minimum Gasteiger partial charge on any atom is -0.309 e. The molecule has 0 amide bonds. The lowest BCUT2D eigenvalue weighted by Gasteiger charge is -2.24. The molecule has 1 aliphatic rings. The van der Waals surface area contributed by atoms with Crippen LogP contribution in [-0.4, -0.2) is 9.55 Å². The van der Waals surface area contributed by atoms with Crippen LogP contribution in [0.15, 0.2) is 164 Å². The fraction of sp³-hybridized carbons (Fsp3) is 0.0652. The van der Waals surface area contributed by atoms with Gasteiger partial charge in [-0.2, -0.15) is 0 Å². The number of benzene rings is 6. The Morgan fingerprint density at radius 1 is 0.571 bits per heavy atom. The third kappa shape index (κ3) is 4.73. The minimum absolute atomic E-state index is 0.212. The molecule has 2 heterocycles. The summed E-state index contributed by atoms with van der Waals surface area (Å²) in [5.41, 5.74) is 12.8. The number of rotatable bonds is 4. The molecule has 0 saturated carbocycles. The molecule has 0 fully saturated rings. The molecule has 3 nitrogen and oxygen atoms in total. The lowest BCUT2D eigenvalue weighted by atomic mass is 9.81. The summed E-state index contributed by atoms with van der Waals surface area (Å²) in [4.78, 5) is 6.79. The van der Waals surface area contributed by atoms with Crippen LogP contribution in [-0.2, 0) is 5.41 Å². The van der Waals surface area contributed by atoms with E-state index in [1.807, 2.05) is 42.6 Å². The number of para-hydroxylation sites is 3. The number of anilines is 3. The fourth-order valence-corrected chi connectivity index (χ4v) is 7.58. The van der Waals surface area contributed by atoms with Gasteiger partial charge in [0.05, 0.1) is 11.0 Å². The van der Waals surface area contributed by atoms with Gasteiger partial charge in [0.25, 0.3) is 0 Å². The second kappa shape index (κ2) is 11.4. The van der Waals surface area contributed by atoms with Gasteiger partial charge in [0.1, 0.15) is 5.82 Å². The van der Waals surface area contributed by atoms with Gasteiger partial charge in [-0.3, -0.25) is 4.90 Å². The summed E-state index contributed by atoms with van der Waals surface area (Å²) in [7, 11) is 0. The molecule has 0 unspecified atom stereocenters. The van der Waals surface area contributed by atoms with Crippen molar-refractivity contribution < 1.29 is 0 Å². The van der Waals surface area contributed by atoms with Crippen molar-refractivity contribution in [1.29, 1.82) is 0 Å². The zero-order chi connectivity index (χ0) is 33.0. The van der Waals surface area contributed by atoms with Gasteiger partial charge in [-0.05, 0) is 101 Å². The summed E-state index contributed by atoms with van der Waals surface area (Å²) in [6.07, 6.45) is 1.83. The maximum Gasteiger partial charge on any atom is 0.137 e. The smallest absolute Gasteiger partial charge is 0.137 e. The Kier molecular flexibility index (Phi) is 6.71. The molecule has 0 aliphatic heterocycles. The summed E-state index contributed by atoms with van der Waals surface area (Å²) in [6, 6.07) is 55.6. The molecule has 8 aromatic rings. The van der Waals surface area contributed by atoms with Crippen LogP contribution in [0.1, 0.15) is 36.1 Å². The Morgan fingerprint density at radius 2 is 1.22 bits per heavy atom. The van der Waals surface area contributed by atoms with Crippen molar-refractivity contribution >= 4 is 39.0 Å². The predicted octanol–water partition coefficient (Wildman–Crippen LogP) is 11.4. The zero-order valence-corrected chi connectivity index (χ0v) is 27.4. The molecule has 0 saturated heterocycles. The van der Waals surface area contributed by atoms with Crippen molar-refractivity contribution in [2.45, 2.75) is 19.3 Å². The van der Waals surface area contributed by atoms with Gasteiger partial charge in [0.15, 0.2) is 0 Å². The SMILES string of the molecule is CC1(C)c2cc(C#Cc3ccc(N(c4ccccc4)c4ccccn4)cc3)ccc2-c2ccc3c4ccccc4n(-c4ccccc4)c3c21. The third-order valence-electron chi connectivity index (χ3n) is 9.83. The van der Waals surface area contributed by atoms with Gasteiger partial charge < -0.3 is 4.57 Å². The second-order valence-electron chi connectivity index (χ2n) is 13.1. The van der Waals surface area contributed by atoms with E-state index in [9.17, 15) is 0 Å². The largest absolute Gasteiger partial charge is 0.309 e. The standard InChI is InChI=1S/C46H33N3/c1-46(2)41-31-33(21-20-32-22-25-36(26-23-32)48(34-13-5-3-6-14-34)43-19-11-12-30-47-43)24-27-37(41)39-28-29-40-38-17-9-10-18-42(38)49(45(40)44(39)46)35-15-7-4-8-16-35/h3-19,22-31H,1-2H3. The molecule has 232 valence electrons. The van der Waals surface area contributed by atoms with Crippen molar-refractivity contribution in [1.82, 2.24) is 9.55 Å². The van der Waals surface area contributed by atoms with E-state index >= 15 is 0 Å².